The predicted octanol–water partition coefficient (Wildman–Crippen LogP) is 4.37. The highest BCUT2D eigenvalue weighted by Gasteiger charge is 2.37. The van der Waals surface area contributed by atoms with E-state index in [4.69, 9.17) is 4.74 Å². The van der Waals surface area contributed by atoms with Crippen molar-refractivity contribution in [1.29, 1.82) is 5.26 Å². The zero-order chi connectivity index (χ0) is 28.4. The predicted molar refractivity (Wildman–Crippen MR) is 146 cm³/mol. The summed E-state index contributed by atoms with van der Waals surface area (Å²) in [5.74, 6) is -0.994. The van der Waals surface area contributed by atoms with E-state index in [1.54, 1.807) is 32.9 Å². The Kier molecular flexibility index (Phi) is 10.3. The quantitative estimate of drug-likeness (QED) is 0.410. The highest BCUT2D eigenvalue weighted by atomic mass is 16.6. The van der Waals surface area contributed by atoms with E-state index in [-0.39, 0.29) is 24.8 Å². The van der Waals surface area contributed by atoms with Crippen molar-refractivity contribution in [2.45, 2.75) is 83.0 Å². The Morgan fingerprint density at radius 2 is 1.69 bits per heavy atom. The summed E-state index contributed by atoms with van der Waals surface area (Å²) in [6, 6.07) is 14.9. The molecule has 1 fully saturated rings. The Bertz CT molecular complexity index is 1150. The lowest BCUT2D eigenvalue weighted by molar-refractivity contribution is -0.142. The minimum atomic E-state index is -1.14. The first-order valence-corrected chi connectivity index (χ1v) is 13.4. The summed E-state index contributed by atoms with van der Waals surface area (Å²) in [5.41, 5.74) is 0.447. The Balaban J connectivity index is 1.97. The number of carbonyl (C=O) groups excluding carboxylic acids is 3. The number of nitrogens with one attached hydrogen (secondary N) is 2. The molecule has 9 heteroatoms. The van der Waals surface area contributed by atoms with Gasteiger partial charge in [-0.25, -0.2) is 4.79 Å². The van der Waals surface area contributed by atoms with Crippen molar-refractivity contribution < 1.29 is 24.2 Å². The van der Waals surface area contributed by atoms with E-state index < -0.39 is 35.6 Å². The number of alkyl carbamates (subject to hydrolysis) is 1. The lowest BCUT2D eigenvalue weighted by atomic mass is 9.94. The second-order valence-corrected chi connectivity index (χ2v) is 10.9. The van der Waals surface area contributed by atoms with Gasteiger partial charge in [-0.2, -0.15) is 5.26 Å². The average molecular weight is 535 g/mol. The topological polar surface area (TPSA) is 132 Å². The van der Waals surface area contributed by atoms with Crippen molar-refractivity contribution in [2.75, 3.05) is 6.54 Å². The van der Waals surface area contributed by atoms with Crippen LogP contribution in [0.5, 0.6) is 5.75 Å². The molecule has 1 saturated carbocycles. The number of benzene rings is 2. The maximum absolute atomic E-state index is 14.1. The number of amides is 3. The van der Waals surface area contributed by atoms with E-state index in [1.807, 2.05) is 36.4 Å². The summed E-state index contributed by atoms with van der Waals surface area (Å²) in [7, 11) is 0. The standard InChI is InChI=1S/C30H38N4O5/c1-30(2,3)39-29(38)33-25(20-21-10-6-4-7-11-21)28(37)34(19-18-31)26(22-14-16-24(35)17-15-22)27(36)32-23-12-8-5-9-13-23/h4,6-7,10-11,14-17,23,25-26,35H,5,8-9,12-13,19-20H2,1-3H3,(H,32,36)(H,33,38). The molecule has 39 heavy (non-hydrogen) atoms. The molecule has 0 aliphatic heterocycles. The zero-order valence-corrected chi connectivity index (χ0v) is 22.9. The van der Waals surface area contributed by atoms with Crippen LogP contribution in [0.15, 0.2) is 54.6 Å². The Labute approximate surface area is 230 Å². The van der Waals surface area contributed by atoms with E-state index in [1.165, 1.54) is 17.0 Å². The zero-order valence-electron chi connectivity index (χ0n) is 22.9. The van der Waals surface area contributed by atoms with Crippen molar-refractivity contribution >= 4 is 17.9 Å². The number of hydrogen-bond donors (Lipinski definition) is 3. The van der Waals surface area contributed by atoms with Gasteiger partial charge in [0.15, 0.2) is 0 Å². The van der Waals surface area contributed by atoms with E-state index in [9.17, 15) is 24.8 Å². The van der Waals surface area contributed by atoms with Crippen molar-refractivity contribution in [3.05, 3.63) is 65.7 Å². The van der Waals surface area contributed by atoms with Crippen LogP contribution in [0.4, 0.5) is 4.79 Å². The molecule has 3 amide bonds. The number of carbonyl (C=O) groups is 3. The average Bonchev–Trinajstić information content (AvgIpc) is 2.89. The van der Waals surface area contributed by atoms with Gasteiger partial charge in [-0.1, -0.05) is 61.7 Å². The van der Waals surface area contributed by atoms with Gasteiger partial charge in [-0.05, 0) is 56.9 Å². The molecule has 0 saturated heterocycles. The fourth-order valence-corrected chi connectivity index (χ4v) is 4.73. The molecule has 0 spiro atoms. The number of ether oxygens (including phenoxy) is 1. The van der Waals surface area contributed by atoms with Crippen molar-refractivity contribution in [1.82, 2.24) is 15.5 Å². The summed E-state index contributed by atoms with van der Waals surface area (Å²) in [6.45, 7) is 4.78. The lowest BCUT2D eigenvalue weighted by Crippen LogP contribution is -2.54. The first kappa shape index (κ1) is 29.5. The van der Waals surface area contributed by atoms with E-state index in [2.05, 4.69) is 10.6 Å². The third-order valence-corrected chi connectivity index (χ3v) is 6.52. The molecule has 2 unspecified atom stereocenters. The maximum atomic E-state index is 14.1. The Hall–Kier alpha value is -4.06. The minimum absolute atomic E-state index is 0.0110. The smallest absolute Gasteiger partial charge is 0.408 e. The normalized spacial score (nSPS) is 15.3. The Morgan fingerprint density at radius 1 is 1.05 bits per heavy atom. The maximum Gasteiger partial charge on any atom is 0.408 e. The van der Waals surface area contributed by atoms with Crippen molar-refractivity contribution in [2.24, 2.45) is 0 Å². The third kappa shape index (κ3) is 9.02. The van der Waals surface area contributed by atoms with Crippen LogP contribution in [0.25, 0.3) is 0 Å². The molecule has 208 valence electrons. The molecule has 0 aromatic heterocycles. The number of phenols is 1. The van der Waals surface area contributed by atoms with Crippen LogP contribution in [0.2, 0.25) is 0 Å². The largest absolute Gasteiger partial charge is 0.508 e. The number of nitriles is 1. The first-order valence-electron chi connectivity index (χ1n) is 13.4. The summed E-state index contributed by atoms with van der Waals surface area (Å²) in [4.78, 5) is 41.7. The molecule has 0 radical (unpaired) electrons. The van der Waals surface area contributed by atoms with E-state index >= 15 is 0 Å². The van der Waals surface area contributed by atoms with E-state index in [0.717, 1.165) is 37.7 Å². The SMILES string of the molecule is CC(C)(C)OC(=O)NC(Cc1ccccc1)C(=O)N(CC#N)C(C(=O)NC1CCCCC1)c1ccc(O)cc1. The van der Waals surface area contributed by atoms with Crippen LogP contribution in [0, 0.1) is 11.3 Å². The number of hydrogen-bond acceptors (Lipinski definition) is 6. The second kappa shape index (κ2) is 13.7. The van der Waals surface area contributed by atoms with Gasteiger partial charge < -0.3 is 25.4 Å². The summed E-state index contributed by atoms with van der Waals surface area (Å²) >= 11 is 0. The van der Waals surface area contributed by atoms with Gasteiger partial charge in [0.05, 0.1) is 6.07 Å². The number of nitrogens with zero attached hydrogens (tertiary/aromatic N) is 2. The molecule has 0 bridgehead atoms. The molecule has 0 heterocycles. The molecule has 1 aliphatic carbocycles. The molecule has 3 rings (SSSR count). The lowest BCUT2D eigenvalue weighted by Gasteiger charge is -2.34. The third-order valence-electron chi connectivity index (χ3n) is 6.52. The molecule has 1 aliphatic rings. The van der Waals surface area contributed by atoms with Crippen LogP contribution in [-0.2, 0) is 20.7 Å². The van der Waals surface area contributed by atoms with Gasteiger partial charge in [0, 0.05) is 12.5 Å². The fraction of sp³-hybridized carbons (Fsp3) is 0.467. The summed E-state index contributed by atoms with van der Waals surface area (Å²) < 4.78 is 5.41. The number of phenolic OH excluding ortho intramolecular Hbond substituents is 1. The fourth-order valence-electron chi connectivity index (χ4n) is 4.73. The summed E-state index contributed by atoms with van der Waals surface area (Å²) in [5, 5.41) is 25.3. The van der Waals surface area contributed by atoms with Crippen LogP contribution < -0.4 is 10.6 Å². The van der Waals surface area contributed by atoms with Gasteiger partial charge in [0.25, 0.3) is 0 Å². The molecule has 9 nitrogen and oxygen atoms in total. The molecule has 2 aromatic carbocycles. The van der Waals surface area contributed by atoms with Crippen LogP contribution >= 0.6 is 0 Å². The molecular weight excluding hydrogens is 496 g/mol. The monoisotopic (exact) mass is 534 g/mol. The molecule has 3 N–H and O–H groups in total. The van der Waals surface area contributed by atoms with Gasteiger partial charge in [0.2, 0.25) is 11.8 Å². The Morgan fingerprint density at radius 3 is 2.28 bits per heavy atom. The van der Waals surface area contributed by atoms with Gasteiger partial charge in [-0.3, -0.25) is 9.59 Å². The van der Waals surface area contributed by atoms with Crippen molar-refractivity contribution in [3.63, 3.8) is 0 Å². The number of aromatic hydroxyl groups is 1. The van der Waals surface area contributed by atoms with Crippen LogP contribution in [0.1, 0.15) is 70.0 Å². The van der Waals surface area contributed by atoms with Crippen LogP contribution in [0.3, 0.4) is 0 Å². The van der Waals surface area contributed by atoms with Gasteiger partial charge in [-0.15, -0.1) is 0 Å². The van der Waals surface area contributed by atoms with Crippen molar-refractivity contribution in [3.8, 4) is 11.8 Å². The van der Waals surface area contributed by atoms with Gasteiger partial charge in [0.1, 0.15) is 30.0 Å². The highest BCUT2D eigenvalue weighted by Crippen LogP contribution is 2.26. The van der Waals surface area contributed by atoms with E-state index in [0.29, 0.717) is 5.56 Å². The summed E-state index contributed by atoms with van der Waals surface area (Å²) in [6.07, 6.45) is 4.18. The molecule has 2 aromatic rings. The number of rotatable bonds is 9. The molecular formula is C30H38N4O5. The molecule has 2 atom stereocenters. The van der Waals surface area contributed by atoms with Gasteiger partial charge >= 0.3 is 6.09 Å². The second-order valence-electron chi connectivity index (χ2n) is 10.9. The minimum Gasteiger partial charge on any atom is -0.508 e. The van der Waals surface area contributed by atoms with Crippen LogP contribution in [-0.4, -0.2) is 52.1 Å². The first-order chi connectivity index (χ1) is 18.6. The highest BCUT2D eigenvalue weighted by molar-refractivity contribution is 5.92.